The molecule has 0 aromatic heterocycles. The van der Waals surface area contributed by atoms with Gasteiger partial charge in [-0.15, -0.1) is 0 Å². The van der Waals surface area contributed by atoms with E-state index in [0.29, 0.717) is 0 Å². The van der Waals surface area contributed by atoms with Gasteiger partial charge in [0.1, 0.15) is 5.82 Å². The van der Waals surface area contributed by atoms with Crippen LogP contribution in [0.1, 0.15) is 24.3 Å². The number of phenolic OH excluding ortho intramolecular Hbond substituents is 1. The number of ether oxygens (including phenoxy) is 1. The van der Waals surface area contributed by atoms with Gasteiger partial charge in [0, 0.05) is 11.6 Å². The first kappa shape index (κ1) is 12.1. The molecule has 1 aromatic carbocycles. The van der Waals surface area contributed by atoms with Crippen LogP contribution in [0.2, 0.25) is 0 Å². The molecule has 5 heteroatoms. The topological polar surface area (TPSA) is 41.5 Å². The van der Waals surface area contributed by atoms with Crippen molar-refractivity contribution in [2.24, 2.45) is 0 Å². The number of piperidine rings is 1. The first-order valence-electron chi connectivity index (χ1n) is 5.60. The fourth-order valence-corrected chi connectivity index (χ4v) is 2.30. The van der Waals surface area contributed by atoms with Crippen LogP contribution in [-0.2, 0) is 0 Å². The Labute approximate surface area is 98.4 Å². The monoisotopic (exact) mass is 243 g/mol. The lowest BCUT2D eigenvalue weighted by atomic mass is 9.89. The number of benzene rings is 1. The van der Waals surface area contributed by atoms with Crippen LogP contribution in [-0.4, -0.2) is 25.3 Å². The highest BCUT2D eigenvalue weighted by Gasteiger charge is 2.26. The molecule has 0 unspecified atom stereocenters. The predicted octanol–water partition coefficient (Wildman–Crippen LogP) is 2.15. The normalized spacial score (nSPS) is 17.1. The van der Waals surface area contributed by atoms with Crippen molar-refractivity contribution in [3.63, 3.8) is 0 Å². The summed E-state index contributed by atoms with van der Waals surface area (Å²) in [6.07, 6.45) is 1.44. The van der Waals surface area contributed by atoms with E-state index in [1.807, 2.05) is 0 Å². The van der Waals surface area contributed by atoms with Crippen molar-refractivity contribution in [2.45, 2.75) is 18.8 Å². The molecule has 0 aliphatic carbocycles. The summed E-state index contributed by atoms with van der Waals surface area (Å²) < 4.78 is 31.8. The van der Waals surface area contributed by atoms with Crippen molar-refractivity contribution in [2.75, 3.05) is 20.2 Å². The van der Waals surface area contributed by atoms with E-state index in [1.54, 1.807) is 0 Å². The number of nitrogens with one attached hydrogen (secondary N) is 1. The quantitative estimate of drug-likeness (QED) is 0.836. The van der Waals surface area contributed by atoms with Crippen LogP contribution in [0.15, 0.2) is 6.07 Å². The highest BCUT2D eigenvalue weighted by molar-refractivity contribution is 5.49. The molecule has 1 fully saturated rings. The molecule has 0 radical (unpaired) electrons. The van der Waals surface area contributed by atoms with Crippen LogP contribution < -0.4 is 10.1 Å². The number of phenols is 1. The summed E-state index contributed by atoms with van der Waals surface area (Å²) in [6.45, 7) is 1.53. The summed E-state index contributed by atoms with van der Waals surface area (Å²) >= 11 is 0. The van der Waals surface area contributed by atoms with E-state index in [9.17, 15) is 13.9 Å². The minimum atomic E-state index is -0.875. The Morgan fingerprint density at radius 3 is 2.53 bits per heavy atom. The Kier molecular flexibility index (Phi) is 3.47. The Bertz CT molecular complexity index is 417. The third kappa shape index (κ3) is 2.20. The molecule has 0 saturated carbocycles. The van der Waals surface area contributed by atoms with Gasteiger partial charge in [0.2, 0.25) is 0 Å². The van der Waals surface area contributed by atoms with E-state index < -0.39 is 17.4 Å². The minimum absolute atomic E-state index is 0.0919. The van der Waals surface area contributed by atoms with E-state index in [4.69, 9.17) is 4.74 Å². The van der Waals surface area contributed by atoms with E-state index in [2.05, 4.69) is 5.32 Å². The maximum Gasteiger partial charge on any atom is 0.197 e. The summed E-state index contributed by atoms with van der Waals surface area (Å²) in [5.74, 6) is -2.35. The van der Waals surface area contributed by atoms with Crippen molar-refractivity contribution in [1.29, 1.82) is 0 Å². The maximum absolute atomic E-state index is 13.7. The van der Waals surface area contributed by atoms with Gasteiger partial charge < -0.3 is 15.2 Å². The zero-order valence-electron chi connectivity index (χ0n) is 9.59. The highest BCUT2D eigenvalue weighted by atomic mass is 19.1. The smallest absolute Gasteiger partial charge is 0.197 e. The molecule has 3 nitrogen and oxygen atoms in total. The van der Waals surface area contributed by atoms with E-state index in [1.165, 1.54) is 7.11 Å². The summed E-state index contributed by atoms with van der Waals surface area (Å²) in [5.41, 5.74) is 0.171. The molecular formula is C12H15F2NO2. The summed E-state index contributed by atoms with van der Waals surface area (Å²) in [5, 5.41) is 13.0. The molecule has 1 saturated heterocycles. The van der Waals surface area contributed by atoms with Crippen molar-refractivity contribution in [1.82, 2.24) is 5.32 Å². The lowest BCUT2D eigenvalue weighted by molar-refractivity contribution is 0.336. The van der Waals surface area contributed by atoms with Gasteiger partial charge >= 0.3 is 0 Å². The lowest BCUT2D eigenvalue weighted by Crippen LogP contribution is -2.27. The van der Waals surface area contributed by atoms with E-state index in [-0.39, 0.29) is 17.2 Å². The van der Waals surface area contributed by atoms with Crippen molar-refractivity contribution in [3.8, 4) is 11.5 Å². The molecule has 0 amide bonds. The van der Waals surface area contributed by atoms with Crippen LogP contribution in [0, 0.1) is 11.6 Å². The average Bonchev–Trinajstić information content (AvgIpc) is 2.30. The van der Waals surface area contributed by atoms with Crippen molar-refractivity contribution >= 4 is 0 Å². The summed E-state index contributed by atoms with van der Waals surface area (Å²) in [6, 6.07) is 0.774. The van der Waals surface area contributed by atoms with Crippen LogP contribution in [0.4, 0.5) is 8.78 Å². The van der Waals surface area contributed by atoms with Gasteiger partial charge in [-0.2, -0.15) is 0 Å². The molecule has 2 N–H and O–H groups in total. The van der Waals surface area contributed by atoms with Crippen LogP contribution >= 0.6 is 0 Å². The molecule has 1 heterocycles. The molecule has 1 aliphatic rings. The van der Waals surface area contributed by atoms with Gasteiger partial charge in [-0.1, -0.05) is 0 Å². The summed E-state index contributed by atoms with van der Waals surface area (Å²) in [4.78, 5) is 0. The van der Waals surface area contributed by atoms with Gasteiger partial charge in [0.15, 0.2) is 17.3 Å². The fourth-order valence-electron chi connectivity index (χ4n) is 2.30. The predicted molar refractivity (Wildman–Crippen MR) is 59.4 cm³/mol. The zero-order valence-corrected chi connectivity index (χ0v) is 9.59. The number of hydrogen-bond acceptors (Lipinski definition) is 3. The third-order valence-electron chi connectivity index (χ3n) is 3.15. The summed E-state index contributed by atoms with van der Waals surface area (Å²) in [7, 11) is 1.25. The molecule has 0 atom stereocenters. The second-order valence-corrected chi connectivity index (χ2v) is 4.16. The molecule has 94 valence electrons. The maximum atomic E-state index is 13.7. The third-order valence-corrected chi connectivity index (χ3v) is 3.15. The Balaban J connectivity index is 2.44. The highest BCUT2D eigenvalue weighted by Crippen LogP contribution is 2.41. The van der Waals surface area contributed by atoms with E-state index in [0.717, 1.165) is 32.0 Å². The Morgan fingerprint density at radius 1 is 1.29 bits per heavy atom. The first-order valence-corrected chi connectivity index (χ1v) is 5.60. The average molecular weight is 243 g/mol. The van der Waals surface area contributed by atoms with Crippen LogP contribution in [0.25, 0.3) is 0 Å². The number of aromatic hydroxyl groups is 1. The van der Waals surface area contributed by atoms with Gasteiger partial charge in [0.25, 0.3) is 0 Å². The van der Waals surface area contributed by atoms with Gasteiger partial charge in [0.05, 0.1) is 7.11 Å². The SMILES string of the molecule is COc1c(F)cc(F)c(C2CCNCC2)c1O. The number of hydrogen-bond donors (Lipinski definition) is 2. The standard InChI is InChI=1S/C12H15F2NO2/c1-17-12-9(14)6-8(13)10(11(12)16)7-2-4-15-5-3-7/h6-7,15-16H,2-5H2,1H3. The minimum Gasteiger partial charge on any atom is -0.504 e. The molecule has 1 aliphatic heterocycles. The van der Waals surface area contributed by atoms with Crippen LogP contribution in [0.5, 0.6) is 11.5 Å². The first-order chi connectivity index (χ1) is 8.15. The van der Waals surface area contributed by atoms with Crippen molar-refractivity contribution < 1.29 is 18.6 Å². The van der Waals surface area contributed by atoms with E-state index >= 15 is 0 Å². The second kappa shape index (κ2) is 4.87. The van der Waals surface area contributed by atoms with Crippen LogP contribution in [0.3, 0.4) is 0 Å². The Morgan fingerprint density at radius 2 is 1.94 bits per heavy atom. The number of halogens is 2. The van der Waals surface area contributed by atoms with Gasteiger partial charge in [-0.25, -0.2) is 8.78 Å². The lowest BCUT2D eigenvalue weighted by Gasteiger charge is -2.24. The second-order valence-electron chi connectivity index (χ2n) is 4.16. The fraction of sp³-hybridized carbons (Fsp3) is 0.500. The molecule has 2 rings (SSSR count). The number of rotatable bonds is 2. The van der Waals surface area contributed by atoms with Crippen molar-refractivity contribution in [3.05, 3.63) is 23.3 Å². The Hall–Kier alpha value is -1.36. The molecule has 1 aromatic rings. The van der Waals surface area contributed by atoms with Gasteiger partial charge in [-0.3, -0.25) is 0 Å². The number of methoxy groups -OCH3 is 1. The molecule has 0 bridgehead atoms. The zero-order chi connectivity index (χ0) is 12.4. The van der Waals surface area contributed by atoms with Gasteiger partial charge in [-0.05, 0) is 31.8 Å². The molecular weight excluding hydrogens is 228 g/mol. The molecule has 0 spiro atoms. The molecule has 17 heavy (non-hydrogen) atoms. The largest absolute Gasteiger partial charge is 0.504 e.